The zero-order chi connectivity index (χ0) is 21.2. The second-order valence-electron chi connectivity index (χ2n) is 9.25. The van der Waals surface area contributed by atoms with Crippen molar-refractivity contribution in [3.63, 3.8) is 0 Å². The van der Waals surface area contributed by atoms with Crippen molar-refractivity contribution in [1.82, 2.24) is 30.5 Å². The van der Waals surface area contributed by atoms with E-state index >= 15 is 0 Å². The molecule has 1 aromatic heterocycles. The summed E-state index contributed by atoms with van der Waals surface area (Å²) in [5.74, 6) is 0.553. The number of aromatic nitrogens is 3. The summed E-state index contributed by atoms with van der Waals surface area (Å²) < 4.78 is 2.02. The first-order valence-electron chi connectivity index (χ1n) is 11.8. The maximum absolute atomic E-state index is 12.7. The van der Waals surface area contributed by atoms with Gasteiger partial charge in [0, 0.05) is 25.6 Å². The molecule has 0 bridgehead atoms. The van der Waals surface area contributed by atoms with Gasteiger partial charge in [0.2, 0.25) is 11.8 Å². The number of para-hydroxylation sites is 1. The number of nitrogens with one attached hydrogen (secondary N) is 2. The molecule has 31 heavy (non-hydrogen) atoms. The van der Waals surface area contributed by atoms with Crippen LogP contribution in [0, 0.1) is 5.92 Å². The zero-order valence-corrected chi connectivity index (χ0v) is 18.0. The number of amides is 2. The number of nitrogens with zero attached hydrogens (tertiary/aromatic N) is 4. The Kier molecular flexibility index (Phi) is 5.89. The van der Waals surface area contributed by atoms with E-state index in [0.717, 1.165) is 69.1 Å². The number of hydrogen-bond donors (Lipinski definition) is 2. The monoisotopic (exact) mass is 424 g/mol. The fraction of sp³-hybridized carbons (Fsp3) is 0.652. The van der Waals surface area contributed by atoms with Gasteiger partial charge in [0.05, 0.1) is 23.6 Å². The highest BCUT2D eigenvalue weighted by Gasteiger charge is 2.37. The summed E-state index contributed by atoms with van der Waals surface area (Å²) in [6.45, 7) is 1.53. The molecular formula is C23H32N6O2. The van der Waals surface area contributed by atoms with Crippen molar-refractivity contribution in [3.8, 4) is 0 Å². The van der Waals surface area contributed by atoms with Gasteiger partial charge in [-0.15, -0.1) is 5.10 Å². The molecule has 1 aliphatic carbocycles. The molecule has 2 N–H and O–H groups in total. The molecule has 3 unspecified atom stereocenters. The van der Waals surface area contributed by atoms with Gasteiger partial charge < -0.3 is 10.2 Å². The van der Waals surface area contributed by atoms with Crippen LogP contribution in [0.3, 0.4) is 0 Å². The van der Waals surface area contributed by atoms with Crippen molar-refractivity contribution in [2.75, 3.05) is 13.1 Å². The molecule has 1 aromatic carbocycles. The number of carbonyl (C=O) groups excluding carboxylic acids is 2. The van der Waals surface area contributed by atoms with Crippen LogP contribution in [0.5, 0.6) is 0 Å². The number of piperidine rings is 1. The van der Waals surface area contributed by atoms with Crippen molar-refractivity contribution < 1.29 is 9.59 Å². The van der Waals surface area contributed by atoms with E-state index in [-0.39, 0.29) is 23.9 Å². The highest BCUT2D eigenvalue weighted by atomic mass is 16.2. The van der Waals surface area contributed by atoms with Crippen LogP contribution in [-0.4, -0.2) is 57.0 Å². The Morgan fingerprint density at radius 2 is 1.90 bits per heavy atom. The van der Waals surface area contributed by atoms with Gasteiger partial charge in [0.15, 0.2) is 0 Å². The molecule has 3 heterocycles. The molecule has 2 aliphatic heterocycles. The number of carbonyl (C=O) groups is 2. The van der Waals surface area contributed by atoms with Crippen LogP contribution < -0.4 is 10.6 Å². The predicted molar refractivity (Wildman–Crippen MR) is 117 cm³/mol. The summed E-state index contributed by atoms with van der Waals surface area (Å²) in [5.41, 5.74) is 1.98. The maximum atomic E-state index is 12.7. The van der Waals surface area contributed by atoms with Gasteiger partial charge in [-0.2, -0.15) is 0 Å². The number of hydrogen-bond acceptors (Lipinski definition) is 5. The number of rotatable bonds is 5. The SMILES string of the molecule is O=C1NC(CCCC(=O)N2CCC(n3nnc4ccccc43)CC2)NC2CCCCC12. The molecule has 1 saturated carbocycles. The van der Waals surface area contributed by atoms with E-state index in [1.807, 2.05) is 27.8 Å². The van der Waals surface area contributed by atoms with E-state index in [2.05, 4.69) is 27.0 Å². The molecule has 2 aromatic rings. The Hall–Kier alpha value is -2.48. The molecule has 166 valence electrons. The van der Waals surface area contributed by atoms with E-state index < -0.39 is 0 Å². The van der Waals surface area contributed by atoms with Crippen LogP contribution in [0.25, 0.3) is 11.0 Å². The van der Waals surface area contributed by atoms with Gasteiger partial charge in [-0.3, -0.25) is 14.9 Å². The van der Waals surface area contributed by atoms with Crippen molar-refractivity contribution in [2.24, 2.45) is 5.92 Å². The van der Waals surface area contributed by atoms with Gasteiger partial charge in [0.25, 0.3) is 0 Å². The van der Waals surface area contributed by atoms with Crippen molar-refractivity contribution in [1.29, 1.82) is 0 Å². The normalized spacial score (nSPS) is 27.2. The lowest BCUT2D eigenvalue weighted by atomic mass is 9.82. The topological polar surface area (TPSA) is 92.2 Å². The van der Waals surface area contributed by atoms with Crippen molar-refractivity contribution in [2.45, 2.75) is 76.0 Å². The van der Waals surface area contributed by atoms with Crippen LogP contribution in [0.2, 0.25) is 0 Å². The Bertz CT molecular complexity index is 935. The summed E-state index contributed by atoms with van der Waals surface area (Å²) in [6, 6.07) is 8.63. The lowest BCUT2D eigenvalue weighted by molar-refractivity contribution is -0.132. The van der Waals surface area contributed by atoms with Crippen molar-refractivity contribution in [3.05, 3.63) is 24.3 Å². The Labute approximate surface area is 182 Å². The molecule has 5 rings (SSSR count). The summed E-state index contributed by atoms with van der Waals surface area (Å²) in [5, 5.41) is 15.3. The second-order valence-corrected chi connectivity index (χ2v) is 9.25. The number of benzene rings is 1. The van der Waals surface area contributed by atoms with E-state index in [4.69, 9.17) is 0 Å². The zero-order valence-electron chi connectivity index (χ0n) is 18.0. The van der Waals surface area contributed by atoms with E-state index in [1.165, 1.54) is 6.42 Å². The van der Waals surface area contributed by atoms with E-state index in [9.17, 15) is 9.59 Å². The Morgan fingerprint density at radius 1 is 1.10 bits per heavy atom. The average Bonchev–Trinajstić information content (AvgIpc) is 3.23. The molecule has 2 saturated heterocycles. The van der Waals surface area contributed by atoms with Crippen LogP contribution in [0.15, 0.2) is 24.3 Å². The van der Waals surface area contributed by atoms with E-state index in [1.54, 1.807) is 0 Å². The number of likely N-dealkylation sites (tertiary alicyclic amines) is 1. The maximum Gasteiger partial charge on any atom is 0.225 e. The molecule has 8 heteroatoms. The Morgan fingerprint density at radius 3 is 2.77 bits per heavy atom. The molecular weight excluding hydrogens is 392 g/mol. The van der Waals surface area contributed by atoms with Gasteiger partial charge in [-0.05, 0) is 50.7 Å². The third-order valence-corrected chi connectivity index (χ3v) is 7.26. The fourth-order valence-electron chi connectivity index (χ4n) is 5.51. The second kappa shape index (κ2) is 8.94. The fourth-order valence-corrected chi connectivity index (χ4v) is 5.51. The molecule has 0 spiro atoms. The highest BCUT2D eigenvalue weighted by Crippen LogP contribution is 2.28. The summed E-state index contributed by atoms with van der Waals surface area (Å²) in [6.07, 6.45) is 8.39. The van der Waals surface area contributed by atoms with Gasteiger partial charge in [-0.25, -0.2) is 4.68 Å². The highest BCUT2D eigenvalue weighted by molar-refractivity contribution is 5.80. The molecule has 0 radical (unpaired) electrons. The molecule has 3 fully saturated rings. The van der Waals surface area contributed by atoms with Gasteiger partial charge in [-0.1, -0.05) is 30.2 Å². The molecule has 8 nitrogen and oxygen atoms in total. The summed E-state index contributed by atoms with van der Waals surface area (Å²) in [7, 11) is 0. The largest absolute Gasteiger partial charge is 0.343 e. The minimum atomic E-state index is 0.00554. The minimum absolute atomic E-state index is 0.00554. The van der Waals surface area contributed by atoms with Crippen LogP contribution in [0.1, 0.15) is 63.8 Å². The van der Waals surface area contributed by atoms with Crippen LogP contribution in [-0.2, 0) is 9.59 Å². The third kappa shape index (κ3) is 4.31. The molecule has 3 atom stereocenters. The summed E-state index contributed by atoms with van der Waals surface area (Å²) >= 11 is 0. The third-order valence-electron chi connectivity index (χ3n) is 7.26. The average molecular weight is 425 g/mol. The van der Waals surface area contributed by atoms with Crippen molar-refractivity contribution >= 4 is 22.8 Å². The minimum Gasteiger partial charge on any atom is -0.343 e. The predicted octanol–water partition coefficient (Wildman–Crippen LogP) is 2.37. The first-order valence-corrected chi connectivity index (χ1v) is 11.8. The van der Waals surface area contributed by atoms with Gasteiger partial charge in [0.1, 0.15) is 5.52 Å². The molecule has 3 aliphatic rings. The quantitative estimate of drug-likeness (QED) is 0.769. The van der Waals surface area contributed by atoms with Gasteiger partial charge >= 0.3 is 0 Å². The van der Waals surface area contributed by atoms with Crippen LogP contribution >= 0.6 is 0 Å². The smallest absolute Gasteiger partial charge is 0.225 e. The summed E-state index contributed by atoms with van der Waals surface area (Å²) in [4.78, 5) is 27.1. The first kappa shape index (κ1) is 20.4. The lowest BCUT2D eigenvalue weighted by Gasteiger charge is -2.40. The molecule has 2 amide bonds. The Balaban J connectivity index is 1.07. The standard InChI is InChI=1S/C23H32N6O2/c30-22(11-5-10-21-24-18-7-2-1-6-17(18)23(31)25-21)28-14-12-16(13-15-28)29-20-9-4-3-8-19(20)26-27-29/h3-4,8-9,16-18,21,24H,1-2,5-7,10-15H2,(H,25,31). The van der Waals surface area contributed by atoms with E-state index in [0.29, 0.717) is 18.5 Å². The lowest BCUT2D eigenvalue weighted by Crippen LogP contribution is -2.62. The first-order chi connectivity index (χ1) is 15.2. The van der Waals surface area contributed by atoms with Crippen LogP contribution in [0.4, 0.5) is 0 Å². The number of fused-ring (bicyclic) bond motifs is 2.